The summed E-state index contributed by atoms with van der Waals surface area (Å²) in [6.45, 7) is 1.45. The van der Waals surface area contributed by atoms with E-state index in [-0.39, 0.29) is 18.0 Å². The van der Waals surface area contributed by atoms with Crippen molar-refractivity contribution in [1.29, 1.82) is 0 Å². The first-order valence-electron chi connectivity index (χ1n) is 5.85. The summed E-state index contributed by atoms with van der Waals surface area (Å²) < 4.78 is 18.7. The van der Waals surface area contributed by atoms with Gasteiger partial charge < -0.3 is 4.74 Å². The number of halogens is 3. The average Bonchev–Trinajstić information content (AvgIpc) is 2.39. The summed E-state index contributed by atoms with van der Waals surface area (Å²) in [5.74, 6) is -0.460. The van der Waals surface area contributed by atoms with Crippen LogP contribution in [0.3, 0.4) is 0 Å². The van der Waals surface area contributed by atoms with Crippen LogP contribution < -0.4 is 4.74 Å². The van der Waals surface area contributed by atoms with Crippen molar-refractivity contribution in [2.24, 2.45) is 0 Å². The van der Waals surface area contributed by atoms with Gasteiger partial charge in [0.2, 0.25) is 0 Å². The van der Waals surface area contributed by atoms with Gasteiger partial charge in [-0.25, -0.2) is 4.39 Å². The third kappa shape index (κ3) is 3.30. The van der Waals surface area contributed by atoms with E-state index < -0.39 is 5.82 Å². The number of carbonyl (C=O) groups is 1. The lowest BCUT2D eigenvalue weighted by Crippen LogP contribution is -2.03. The van der Waals surface area contributed by atoms with Crippen LogP contribution in [0.15, 0.2) is 36.4 Å². The second-order valence-corrected chi connectivity index (χ2v) is 5.00. The molecule has 2 rings (SSSR count). The van der Waals surface area contributed by atoms with Crippen LogP contribution in [-0.4, -0.2) is 5.78 Å². The third-order valence-electron chi connectivity index (χ3n) is 2.75. The van der Waals surface area contributed by atoms with E-state index in [0.29, 0.717) is 21.4 Å². The molecular weight excluding hydrogens is 302 g/mol. The topological polar surface area (TPSA) is 26.3 Å². The number of benzene rings is 2. The molecule has 2 aromatic rings. The minimum absolute atomic E-state index is 0.102. The number of carbonyl (C=O) groups excluding carboxylic acids is 1. The van der Waals surface area contributed by atoms with E-state index in [0.717, 1.165) is 6.07 Å². The molecule has 0 aliphatic carbocycles. The first-order valence-corrected chi connectivity index (χ1v) is 6.61. The van der Waals surface area contributed by atoms with Crippen LogP contribution in [0.2, 0.25) is 10.0 Å². The minimum atomic E-state index is -0.488. The molecule has 0 heterocycles. The Morgan fingerprint density at radius 3 is 2.45 bits per heavy atom. The Kier molecular flexibility index (Phi) is 4.63. The standard InChI is InChI=1S/C15H11Cl2FO2/c1-9(19)11-7-10(18)5-6-15(11)20-8-12-13(16)3-2-4-14(12)17/h2-7H,8H2,1H3. The van der Waals surface area contributed by atoms with Crippen LogP contribution in [-0.2, 0) is 6.61 Å². The van der Waals surface area contributed by atoms with Gasteiger partial charge in [-0.3, -0.25) is 4.79 Å². The molecule has 0 amide bonds. The Morgan fingerprint density at radius 1 is 1.20 bits per heavy atom. The predicted octanol–water partition coefficient (Wildman–Crippen LogP) is 4.91. The zero-order valence-electron chi connectivity index (χ0n) is 10.6. The molecule has 0 spiro atoms. The molecule has 0 fully saturated rings. The molecule has 5 heteroatoms. The number of hydrogen-bond donors (Lipinski definition) is 0. The van der Waals surface area contributed by atoms with Gasteiger partial charge in [0.05, 0.1) is 5.56 Å². The summed E-state index contributed by atoms with van der Waals surface area (Å²) in [4.78, 5) is 11.5. The van der Waals surface area contributed by atoms with Gasteiger partial charge in [-0.1, -0.05) is 29.3 Å². The van der Waals surface area contributed by atoms with E-state index in [1.54, 1.807) is 18.2 Å². The van der Waals surface area contributed by atoms with Crippen LogP contribution in [0.5, 0.6) is 5.75 Å². The van der Waals surface area contributed by atoms with Gasteiger partial charge in [-0.05, 0) is 37.3 Å². The number of hydrogen-bond acceptors (Lipinski definition) is 2. The van der Waals surface area contributed by atoms with Crippen LogP contribution in [0, 0.1) is 5.82 Å². The van der Waals surface area contributed by atoms with Crippen LogP contribution in [0.25, 0.3) is 0 Å². The second-order valence-electron chi connectivity index (χ2n) is 4.19. The SMILES string of the molecule is CC(=O)c1cc(F)ccc1OCc1c(Cl)cccc1Cl. The highest BCUT2D eigenvalue weighted by molar-refractivity contribution is 6.35. The average molecular weight is 313 g/mol. The molecule has 0 bridgehead atoms. The van der Waals surface area contributed by atoms with Crippen molar-refractivity contribution in [2.45, 2.75) is 13.5 Å². The van der Waals surface area contributed by atoms with Crippen molar-refractivity contribution in [2.75, 3.05) is 0 Å². The molecule has 0 aromatic heterocycles. The molecule has 0 saturated heterocycles. The highest BCUT2D eigenvalue weighted by Gasteiger charge is 2.12. The smallest absolute Gasteiger partial charge is 0.163 e. The van der Waals surface area contributed by atoms with Crippen molar-refractivity contribution in [3.63, 3.8) is 0 Å². The zero-order chi connectivity index (χ0) is 14.7. The quantitative estimate of drug-likeness (QED) is 0.749. The van der Waals surface area contributed by atoms with Crippen LogP contribution in [0.1, 0.15) is 22.8 Å². The molecule has 0 aliphatic heterocycles. The van der Waals surface area contributed by atoms with Gasteiger partial charge in [0.1, 0.15) is 18.2 Å². The molecule has 0 radical (unpaired) electrons. The van der Waals surface area contributed by atoms with Crippen molar-refractivity contribution >= 4 is 29.0 Å². The Labute approximate surface area is 126 Å². The Bertz CT molecular complexity index is 636. The van der Waals surface area contributed by atoms with Crippen molar-refractivity contribution < 1.29 is 13.9 Å². The monoisotopic (exact) mass is 312 g/mol. The molecule has 0 aliphatic rings. The maximum atomic E-state index is 13.1. The number of ether oxygens (including phenoxy) is 1. The van der Waals surface area contributed by atoms with Gasteiger partial charge >= 0.3 is 0 Å². The summed E-state index contributed by atoms with van der Waals surface area (Å²) in [5, 5.41) is 0.952. The number of ketones is 1. The fraction of sp³-hybridized carbons (Fsp3) is 0.133. The molecule has 104 valence electrons. The van der Waals surface area contributed by atoms with Crippen molar-refractivity contribution in [1.82, 2.24) is 0 Å². The lowest BCUT2D eigenvalue weighted by Gasteiger charge is -2.12. The highest BCUT2D eigenvalue weighted by Crippen LogP contribution is 2.27. The summed E-state index contributed by atoms with van der Waals surface area (Å²) in [6.07, 6.45) is 0. The number of Topliss-reactive ketones (excluding diaryl/α,β-unsaturated/α-hetero) is 1. The Hall–Kier alpha value is -1.58. The molecule has 2 nitrogen and oxygen atoms in total. The fourth-order valence-corrected chi connectivity index (χ4v) is 2.23. The van der Waals surface area contributed by atoms with Crippen molar-refractivity contribution in [3.05, 3.63) is 63.4 Å². The molecule has 20 heavy (non-hydrogen) atoms. The minimum Gasteiger partial charge on any atom is -0.488 e. The summed E-state index contributed by atoms with van der Waals surface area (Å²) in [6, 6.07) is 8.91. The Balaban J connectivity index is 2.25. The van der Waals surface area contributed by atoms with Gasteiger partial charge in [-0.2, -0.15) is 0 Å². The maximum Gasteiger partial charge on any atom is 0.163 e. The van der Waals surface area contributed by atoms with E-state index in [2.05, 4.69) is 0 Å². The first-order chi connectivity index (χ1) is 9.49. The zero-order valence-corrected chi connectivity index (χ0v) is 12.1. The van der Waals surface area contributed by atoms with Crippen molar-refractivity contribution in [3.8, 4) is 5.75 Å². The first kappa shape index (κ1) is 14.8. The van der Waals surface area contributed by atoms with Gasteiger partial charge in [-0.15, -0.1) is 0 Å². The number of rotatable bonds is 4. The summed E-state index contributed by atoms with van der Waals surface area (Å²) >= 11 is 12.1. The van der Waals surface area contributed by atoms with E-state index in [1.807, 2.05) is 0 Å². The fourth-order valence-electron chi connectivity index (χ4n) is 1.72. The molecule has 0 unspecified atom stereocenters. The summed E-state index contributed by atoms with van der Waals surface area (Å²) in [5.41, 5.74) is 0.808. The second kappa shape index (κ2) is 6.25. The molecular formula is C15H11Cl2FO2. The molecule has 0 saturated carbocycles. The normalized spacial score (nSPS) is 10.4. The van der Waals surface area contributed by atoms with Crippen LogP contribution in [0.4, 0.5) is 4.39 Å². The summed E-state index contributed by atoms with van der Waals surface area (Å²) in [7, 11) is 0. The van der Waals surface area contributed by atoms with E-state index in [4.69, 9.17) is 27.9 Å². The molecule has 2 aromatic carbocycles. The largest absolute Gasteiger partial charge is 0.488 e. The third-order valence-corrected chi connectivity index (χ3v) is 3.46. The van der Waals surface area contributed by atoms with Gasteiger partial charge in [0, 0.05) is 15.6 Å². The van der Waals surface area contributed by atoms with Gasteiger partial charge in [0.25, 0.3) is 0 Å². The molecule has 0 N–H and O–H groups in total. The van der Waals surface area contributed by atoms with Crippen LogP contribution >= 0.6 is 23.2 Å². The van der Waals surface area contributed by atoms with E-state index in [1.165, 1.54) is 19.1 Å². The maximum absolute atomic E-state index is 13.1. The Morgan fingerprint density at radius 2 is 1.85 bits per heavy atom. The lowest BCUT2D eigenvalue weighted by molar-refractivity contribution is 0.101. The predicted molar refractivity (Wildman–Crippen MR) is 77.2 cm³/mol. The van der Waals surface area contributed by atoms with E-state index >= 15 is 0 Å². The van der Waals surface area contributed by atoms with E-state index in [9.17, 15) is 9.18 Å². The molecule has 0 atom stereocenters. The lowest BCUT2D eigenvalue weighted by atomic mass is 10.1. The highest BCUT2D eigenvalue weighted by atomic mass is 35.5. The van der Waals surface area contributed by atoms with Gasteiger partial charge in [0.15, 0.2) is 5.78 Å².